The van der Waals surface area contributed by atoms with Crippen LogP contribution in [0.15, 0.2) is 42.5 Å². The molecule has 0 radical (unpaired) electrons. The number of carbonyl (C=O) groups is 2. The highest BCUT2D eigenvalue weighted by Crippen LogP contribution is 2.18. The zero-order valence-corrected chi connectivity index (χ0v) is 14.2. The average molecular weight is 326 g/mol. The van der Waals surface area contributed by atoms with Gasteiger partial charge in [-0.25, -0.2) is 0 Å². The molecule has 0 unspecified atom stereocenters. The Kier molecular flexibility index (Phi) is 5.95. The molecule has 0 saturated carbocycles. The van der Waals surface area contributed by atoms with Gasteiger partial charge in [-0.3, -0.25) is 9.59 Å². The van der Waals surface area contributed by atoms with E-state index in [1.165, 1.54) is 6.92 Å². The maximum Gasteiger partial charge on any atom is 0.251 e. The van der Waals surface area contributed by atoms with Gasteiger partial charge in [0.25, 0.3) is 5.91 Å². The second kappa shape index (κ2) is 8.15. The van der Waals surface area contributed by atoms with E-state index in [0.29, 0.717) is 17.8 Å². The maximum atomic E-state index is 12.2. The zero-order valence-electron chi connectivity index (χ0n) is 14.2. The van der Waals surface area contributed by atoms with Crippen molar-refractivity contribution >= 4 is 17.5 Å². The van der Waals surface area contributed by atoms with Gasteiger partial charge in [0.15, 0.2) is 0 Å². The quantitative estimate of drug-likeness (QED) is 0.857. The number of anilines is 1. The van der Waals surface area contributed by atoms with Gasteiger partial charge in [-0.15, -0.1) is 0 Å². The number of ether oxygens (including phenoxy) is 1. The molecule has 0 spiro atoms. The van der Waals surface area contributed by atoms with E-state index in [4.69, 9.17) is 4.74 Å². The van der Waals surface area contributed by atoms with Crippen LogP contribution in [0.25, 0.3) is 0 Å². The van der Waals surface area contributed by atoms with Gasteiger partial charge in [0.1, 0.15) is 5.75 Å². The molecule has 2 aromatic carbocycles. The van der Waals surface area contributed by atoms with E-state index < -0.39 is 0 Å². The Labute approximate surface area is 142 Å². The Morgan fingerprint density at radius 2 is 1.92 bits per heavy atom. The normalized spacial score (nSPS) is 10.1. The van der Waals surface area contributed by atoms with E-state index in [-0.39, 0.29) is 11.8 Å². The molecule has 0 aromatic heterocycles. The van der Waals surface area contributed by atoms with Crippen molar-refractivity contribution in [1.29, 1.82) is 0 Å². The summed E-state index contributed by atoms with van der Waals surface area (Å²) in [7, 11) is 1.65. The first-order valence-electron chi connectivity index (χ1n) is 7.79. The van der Waals surface area contributed by atoms with E-state index in [2.05, 4.69) is 16.7 Å². The highest BCUT2D eigenvalue weighted by atomic mass is 16.5. The van der Waals surface area contributed by atoms with Crippen molar-refractivity contribution in [2.45, 2.75) is 20.3 Å². The van der Waals surface area contributed by atoms with Crippen LogP contribution in [0, 0.1) is 6.92 Å². The van der Waals surface area contributed by atoms with Crippen molar-refractivity contribution in [2.75, 3.05) is 19.0 Å². The summed E-state index contributed by atoms with van der Waals surface area (Å²) in [6, 6.07) is 12.9. The molecule has 0 heterocycles. The number of benzene rings is 2. The summed E-state index contributed by atoms with van der Waals surface area (Å²) < 4.78 is 5.24. The van der Waals surface area contributed by atoms with Gasteiger partial charge < -0.3 is 15.4 Å². The number of aryl methyl sites for hydroxylation is 1. The number of rotatable bonds is 6. The second-order valence-electron chi connectivity index (χ2n) is 5.57. The Balaban J connectivity index is 1.91. The highest BCUT2D eigenvalue weighted by molar-refractivity contribution is 5.96. The van der Waals surface area contributed by atoms with Crippen LogP contribution in [0.3, 0.4) is 0 Å². The molecule has 5 nitrogen and oxygen atoms in total. The SMILES string of the molecule is COc1ccc(CCNC(=O)c2cccc(NC(C)=O)c2)cc1C. The van der Waals surface area contributed by atoms with Crippen LogP contribution in [0.4, 0.5) is 5.69 Å². The lowest BCUT2D eigenvalue weighted by Gasteiger charge is -2.09. The first-order valence-corrected chi connectivity index (χ1v) is 7.79. The minimum atomic E-state index is -0.164. The van der Waals surface area contributed by atoms with E-state index in [0.717, 1.165) is 23.3 Å². The van der Waals surface area contributed by atoms with Gasteiger partial charge in [-0.2, -0.15) is 0 Å². The molecule has 24 heavy (non-hydrogen) atoms. The number of amides is 2. The van der Waals surface area contributed by atoms with Crippen LogP contribution in [0.2, 0.25) is 0 Å². The van der Waals surface area contributed by atoms with Crippen molar-refractivity contribution in [1.82, 2.24) is 5.32 Å². The van der Waals surface area contributed by atoms with E-state index in [1.807, 2.05) is 19.1 Å². The minimum absolute atomic E-state index is 0.160. The molecule has 0 aliphatic rings. The van der Waals surface area contributed by atoms with Gasteiger partial charge in [-0.05, 0) is 48.7 Å². The summed E-state index contributed by atoms with van der Waals surface area (Å²) in [4.78, 5) is 23.3. The predicted octanol–water partition coefficient (Wildman–Crippen LogP) is 2.93. The molecule has 0 aliphatic carbocycles. The molecule has 2 rings (SSSR count). The average Bonchev–Trinajstić information content (AvgIpc) is 2.54. The molecule has 0 saturated heterocycles. The van der Waals surface area contributed by atoms with Crippen molar-refractivity contribution in [3.05, 3.63) is 59.2 Å². The minimum Gasteiger partial charge on any atom is -0.496 e. The maximum absolute atomic E-state index is 12.2. The summed E-state index contributed by atoms with van der Waals surface area (Å²) in [5.41, 5.74) is 3.35. The number of carbonyl (C=O) groups excluding carboxylic acids is 2. The third-order valence-electron chi connectivity index (χ3n) is 3.60. The molecule has 0 fully saturated rings. The molecule has 2 aromatic rings. The van der Waals surface area contributed by atoms with Gasteiger partial charge >= 0.3 is 0 Å². The van der Waals surface area contributed by atoms with Crippen LogP contribution >= 0.6 is 0 Å². The molecule has 0 bridgehead atoms. The summed E-state index contributed by atoms with van der Waals surface area (Å²) in [6.07, 6.45) is 0.738. The smallest absolute Gasteiger partial charge is 0.251 e. The lowest BCUT2D eigenvalue weighted by Crippen LogP contribution is -2.25. The molecule has 126 valence electrons. The molecular weight excluding hydrogens is 304 g/mol. The summed E-state index contributed by atoms with van der Waals surface area (Å²) in [5.74, 6) is 0.535. The van der Waals surface area contributed by atoms with Crippen molar-refractivity contribution in [3.8, 4) is 5.75 Å². The van der Waals surface area contributed by atoms with Crippen molar-refractivity contribution in [2.24, 2.45) is 0 Å². The van der Waals surface area contributed by atoms with E-state index in [9.17, 15) is 9.59 Å². The highest BCUT2D eigenvalue weighted by Gasteiger charge is 2.07. The van der Waals surface area contributed by atoms with Crippen molar-refractivity contribution < 1.29 is 14.3 Å². The van der Waals surface area contributed by atoms with Gasteiger partial charge in [0.05, 0.1) is 7.11 Å². The fraction of sp³-hybridized carbons (Fsp3) is 0.263. The van der Waals surface area contributed by atoms with Crippen LogP contribution < -0.4 is 15.4 Å². The number of hydrogen-bond donors (Lipinski definition) is 2. The second-order valence-corrected chi connectivity index (χ2v) is 5.57. The van der Waals surface area contributed by atoms with E-state index >= 15 is 0 Å². The topological polar surface area (TPSA) is 67.4 Å². The Bertz CT molecular complexity index is 741. The Hall–Kier alpha value is -2.82. The molecule has 5 heteroatoms. The molecular formula is C19H22N2O3. The Morgan fingerprint density at radius 3 is 2.58 bits per heavy atom. The summed E-state index contributed by atoms with van der Waals surface area (Å²) >= 11 is 0. The number of hydrogen-bond acceptors (Lipinski definition) is 3. The lowest BCUT2D eigenvalue weighted by atomic mass is 10.1. The van der Waals surface area contributed by atoms with Crippen molar-refractivity contribution in [3.63, 3.8) is 0 Å². The van der Waals surface area contributed by atoms with Gasteiger partial charge in [0, 0.05) is 24.7 Å². The van der Waals surface area contributed by atoms with Gasteiger partial charge in [-0.1, -0.05) is 18.2 Å². The van der Waals surface area contributed by atoms with Crippen LogP contribution in [0.5, 0.6) is 5.75 Å². The molecule has 2 N–H and O–H groups in total. The molecule has 0 aliphatic heterocycles. The predicted molar refractivity (Wildman–Crippen MR) is 94.5 cm³/mol. The standard InChI is InChI=1S/C19H22N2O3/c1-13-11-15(7-8-18(13)24-3)9-10-20-19(23)16-5-4-6-17(12-16)21-14(2)22/h4-8,11-12H,9-10H2,1-3H3,(H,20,23)(H,21,22). The molecule has 2 amide bonds. The van der Waals surface area contributed by atoms with Crippen LogP contribution in [-0.4, -0.2) is 25.5 Å². The van der Waals surface area contributed by atoms with Gasteiger partial charge in [0.2, 0.25) is 5.91 Å². The summed E-state index contributed by atoms with van der Waals surface area (Å²) in [5, 5.41) is 5.56. The van der Waals surface area contributed by atoms with Crippen LogP contribution in [0.1, 0.15) is 28.4 Å². The lowest BCUT2D eigenvalue weighted by molar-refractivity contribution is -0.114. The Morgan fingerprint density at radius 1 is 1.12 bits per heavy atom. The first-order chi connectivity index (χ1) is 11.5. The molecule has 0 atom stereocenters. The fourth-order valence-electron chi connectivity index (χ4n) is 2.46. The third-order valence-corrected chi connectivity index (χ3v) is 3.60. The van der Waals surface area contributed by atoms with E-state index in [1.54, 1.807) is 31.4 Å². The largest absolute Gasteiger partial charge is 0.496 e. The number of methoxy groups -OCH3 is 1. The number of nitrogens with one attached hydrogen (secondary N) is 2. The first kappa shape index (κ1) is 17.5. The third kappa shape index (κ3) is 4.84. The summed E-state index contributed by atoms with van der Waals surface area (Å²) in [6.45, 7) is 3.97. The van der Waals surface area contributed by atoms with Crippen LogP contribution in [-0.2, 0) is 11.2 Å². The fourth-order valence-corrected chi connectivity index (χ4v) is 2.46. The zero-order chi connectivity index (χ0) is 17.5. The monoisotopic (exact) mass is 326 g/mol.